The number of carbonyl (C=O) groups excluding carboxylic acids is 1. The minimum atomic E-state index is -4.64. The van der Waals surface area contributed by atoms with E-state index in [0.717, 1.165) is 6.92 Å². The number of hydrogen-bond acceptors (Lipinski definition) is 5. The predicted molar refractivity (Wildman–Crippen MR) is 86.5 cm³/mol. The summed E-state index contributed by atoms with van der Waals surface area (Å²) in [6.07, 6.45) is -4.64. The number of thiophene rings is 1. The molecule has 0 radical (unpaired) electrons. The zero-order chi connectivity index (χ0) is 18.7. The summed E-state index contributed by atoms with van der Waals surface area (Å²) >= 11 is 0.458. The van der Waals surface area contributed by atoms with E-state index in [2.05, 4.69) is 14.7 Å². The number of amidine groups is 1. The highest BCUT2D eigenvalue weighted by Crippen LogP contribution is 2.38. The van der Waals surface area contributed by atoms with Gasteiger partial charge in [-0.1, -0.05) is 5.16 Å². The fourth-order valence-electron chi connectivity index (χ4n) is 1.45. The second-order valence-electron chi connectivity index (χ2n) is 5.71. The smallest absolute Gasteiger partial charge is 0.380 e. The van der Waals surface area contributed by atoms with Gasteiger partial charge < -0.3 is 10.6 Å². The summed E-state index contributed by atoms with van der Waals surface area (Å²) in [6.45, 7) is 6.23. The first-order valence-electron chi connectivity index (χ1n) is 6.69. The monoisotopic (exact) mass is 385 g/mol. The van der Waals surface area contributed by atoms with E-state index in [0.29, 0.717) is 11.3 Å². The maximum Gasteiger partial charge on any atom is 0.426 e. The van der Waals surface area contributed by atoms with Gasteiger partial charge in [0, 0.05) is 23.9 Å². The number of rotatable bonds is 5. The molecule has 0 amide bonds. The lowest BCUT2D eigenvalue weighted by molar-refractivity contribution is -0.140. The van der Waals surface area contributed by atoms with Crippen LogP contribution < -0.4 is 10.5 Å². The van der Waals surface area contributed by atoms with Gasteiger partial charge in [0.1, 0.15) is 4.88 Å². The molecule has 0 spiro atoms. The summed E-state index contributed by atoms with van der Waals surface area (Å²) in [6, 6.07) is 1.18. The van der Waals surface area contributed by atoms with Crippen molar-refractivity contribution < 1.29 is 27.0 Å². The number of nitrogens with two attached hydrogens (primary N) is 1. The molecule has 1 heterocycles. The Hall–Kier alpha value is -1.46. The van der Waals surface area contributed by atoms with Gasteiger partial charge in [0.25, 0.3) is 0 Å². The summed E-state index contributed by atoms with van der Waals surface area (Å²) in [5.41, 5.74) is 5.10. The van der Waals surface area contributed by atoms with Gasteiger partial charge in [-0.05, 0) is 26.8 Å². The second kappa shape index (κ2) is 7.62. The summed E-state index contributed by atoms with van der Waals surface area (Å²) in [5.74, 6) is -1.36. The first-order chi connectivity index (χ1) is 10.8. The number of carbonyl (C=O) groups is 1. The Balaban J connectivity index is 3.08. The van der Waals surface area contributed by atoms with Crippen LogP contribution in [0.4, 0.5) is 13.2 Å². The Bertz CT molecular complexity index is 664. The molecular formula is C13H18F3N3O3S2. The fourth-order valence-corrected chi connectivity index (χ4v) is 3.23. The molecule has 0 saturated heterocycles. The van der Waals surface area contributed by atoms with Crippen LogP contribution in [0.3, 0.4) is 0 Å². The van der Waals surface area contributed by atoms with Crippen molar-refractivity contribution in [3.05, 3.63) is 21.4 Å². The fraction of sp³-hybridized carbons (Fsp3) is 0.538. The van der Waals surface area contributed by atoms with Crippen LogP contribution in [0.5, 0.6) is 0 Å². The normalized spacial score (nSPS) is 14.5. The lowest BCUT2D eigenvalue weighted by Gasteiger charge is -2.17. The molecular weight excluding hydrogens is 367 g/mol. The summed E-state index contributed by atoms with van der Waals surface area (Å²) in [5, 5.41) is 3.19. The summed E-state index contributed by atoms with van der Waals surface area (Å²) < 4.78 is 53.4. The molecule has 0 aromatic carbocycles. The summed E-state index contributed by atoms with van der Waals surface area (Å²) in [4.78, 5) is 14.3. The van der Waals surface area contributed by atoms with E-state index >= 15 is 0 Å². The van der Waals surface area contributed by atoms with Crippen LogP contribution in [0.25, 0.3) is 0 Å². The lowest BCUT2D eigenvalue weighted by Crippen LogP contribution is -2.32. The van der Waals surface area contributed by atoms with Crippen molar-refractivity contribution in [3.63, 3.8) is 0 Å². The Labute approximate surface area is 143 Å². The molecule has 0 unspecified atom stereocenters. The second-order valence-corrected chi connectivity index (χ2v) is 8.90. The predicted octanol–water partition coefficient (Wildman–Crippen LogP) is 2.50. The van der Waals surface area contributed by atoms with Crippen LogP contribution >= 0.6 is 11.3 Å². The molecule has 136 valence electrons. The van der Waals surface area contributed by atoms with Gasteiger partial charge in [-0.3, -0.25) is 0 Å². The molecule has 0 fully saturated rings. The number of hydrogen-bond donors (Lipinski definition) is 2. The molecule has 0 bridgehead atoms. The van der Waals surface area contributed by atoms with E-state index < -0.39 is 38.6 Å². The average molecular weight is 385 g/mol. The average Bonchev–Trinajstić information content (AvgIpc) is 2.85. The molecule has 1 rings (SSSR count). The van der Waals surface area contributed by atoms with Gasteiger partial charge in [-0.15, -0.1) is 11.3 Å². The van der Waals surface area contributed by atoms with Crippen LogP contribution in [0, 0.1) is 0 Å². The molecule has 0 aliphatic carbocycles. The van der Waals surface area contributed by atoms with Crippen molar-refractivity contribution in [2.75, 3.05) is 0 Å². The lowest BCUT2D eigenvalue weighted by atomic mass is 10.2. The molecule has 11 heteroatoms. The van der Waals surface area contributed by atoms with Crippen molar-refractivity contribution in [3.8, 4) is 0 Å². The molecule has 1 aromatic rings. The number of oxime groups is 1. The molecule has 0 aliphatic heterocycles. The standard InChI is InChI=1S/C13H18F3N3O3S2/c1-7(20)22-19-11(17)9-5-8(23-10(9)13(14,15)16)6-18-24(21)12(2,3)4/h5,18H,6H2,1-4H3,(H2,17,19)/t24-/m0/s1. The van der Waals surface area contributed by atoms with Gasteiger partial charge in [-0.2, -0.15) is 13.2 Å². The van der Waals surface area contributed by atoms with Gasteiger partial charge in [0.2, 0.25) is 0 Å². The Kier molecular flexibility index (Phi) is 6.53. The van der Waals surface area contributed by atoms with E-state index in [1.807, 2.05) is 0 Å². The highest BCUT2D eigenvalue weighted by molar-refractivity contribution is 7.84. The van der Waals surface area contributed by atoms with Gasteiger partial charge in [-0.25, -0.2) is 13.7 Å². The molecule has 6 nitrogen and oxygen atoms in total. The zero-order valence-electron chi connectivity index (χ0n) is 13.5. The highest BCUT2D eigenvalue weighted by Gasteiger charge is 2.37. The summed E-state index contributed by atoms with van der Waals surface area (Å²) in [7, 11) is -1.43. The SMILES string of the molecule is CC(=O)O/N=C(\N)c1cc(CN[S@@](=O)C(C)(C)C)sc1C(F)(F)F. The van der Waals surface area contributed by atoms with Crippen molar-refractivity contribution in [2.24, 2.45) is 10.9 Å². The Morgan fingerprint density at radius 2 is 2.00 bits per heavy atom. The van der Waals surface area contributed by atoms with Gasteiger partial charge >= 0.3 is 12.1 Å². The van der Waals surface area contributed by atoms with Crippen LogP contribution in [0.15, 0.2) is 11.2 Å². The topological polar surface area (TPSA) is 93.8 Å². The Morgan fingerprint density at radius 3 is 2.46 bits per heavy atom. The highest BCUT2D eigenvalue weighted by atomic mass is 32.2. The number of halogens is 3. The number of nitrogens with zero attached hydrogens (tertiary/aromatic N) is 1. The molecule has 1 aromatic heterocycles. The minimum absolute atomic E-state index is 0.0293. The van der Waals surface area contributed by atoms with Crippen molar-refractivity contribution >= 4 is 34.1 Å². The van der Waals surface area contributed by atoms with E-state index in [-0.39, 0.29) is 17.0 Å². The molecule has 24 heavy (non-hydrogen) atoms. The zero-order valence-corrected chi connectivity index (χ0v) is 15.1. The molecule has 0 aliphatic rings. The van der Waals surface area contributed by atoms with E-state index in [9.17, 15) is 22.2 Å². The van der Waals surface area contributed by atoms with E-state index in [1.165, 1.54) is 6.07 Å². The van der Waals surface area contributed by atoms with E-state index in [4.69, 9.17) is 5.73 Å². The van der Waals surface area contributed by atoms with Crippen LogP contribution in [-0.4, -0.2) is 20.8 Å². The minimum Gasteiger partial charge on any atom is -0.380 e. The third kappa shape index (κ3) is 5.87. The molecule has 3 N–H and O–H groups in total. The van der Waals surface area contributed by atoms with Crippen molar-refractivity contribution in [1.29, 1.82) is 0 Å². The molecule has 1 atom stereocenters. The third-order valence-corrected chi connectivity index (χ3v) is 5.22. The van der Waals surface area contributed by atoms with Crippen molar-refractivity contribution in [2.45, 2.75) is 45.2 Å². The largest absolute Gasteiger partial charge is 0.426 e. The van der Waals surface area contributed by atoms with E-state index in [1.54, 1.807) is 20.8 Å². The van der Waals surface area contributed by atoms with Crippen LogP contribution in [0.1, 0.15) is 43.0 Å². The van der Waals surface area contributed by atoms with Crippen LogP contribution in [0.2, 0.25) is 0 Å². The maximum absolute atomic E-state index is 13.1. The quantitative estimate of drug-likeness (QED) is 0.352. The number of nitrogens with one attached hydrogen (secondary N) is 1. The maximum atomic E-state index is 13.1. The third-order valence-electron chi connectivity index (χ3n) is 2.52. The van der Waals surface area contributed by atoms with Crippen LogP contribution in [-0.2, 0) is 33.3 Å². The number of alkyl halides is 3. The van der Waals surface area contributed by atoms with Crippen molar-refractivity contribution in [1.82, 2.24) is 4.72 Å². The molecule has 0 saturated carbocycles. The first-order valence-corrected chi connectivity index (χ1v) is 8.65. The first kappa shape index (κ1) is 20.6. The Morgan fingerprint density at radius 1 is 1.42 bits per heavy atom. The van der Waals surface area contributed by atoms with Gasteiger partial charge in [0.15, 0.2) is 5.84 Å². The van der Waals surface area contributed by atoms with Gasteiger partial charge in [0.05, 0.1) is 15.7 Å².